The van der Waals surface area contributed by atoms with Crippen LogP contribution in [0.4, 0.5) is 0 Å². The number of hydrogen-bond acceptors (Lipinski definition) is 2. The largest absolute Gasteiger partial charge is 0.306 e. The van der Waals surface area contributed by atoms with Crippen LogP contribution in [0, 0.1) is 12.8 Å². The minimum Gasteiger partial charge on any atom is -0.306 e. The first kappa shape index (κ1) is 15.5. The lowest BCUT2D eigenvalue weighted by Gasteiger charge is -2.34. The molecule has 0 amide bonds. The lowest BCUT2D eigenvalue weighted by atomic mass is 9.86. The van der Waals surface area contributed by atoms with Gasteiger partial charge in [-0.2, -0.15) is 0 Å². The average Bonchev–Trinajstić information content (AvgIpc) is 2.86. The SMILES string of the molecule is CC.Cc1cccc2sc(C3CCN(C)CC3C)cc12. The van der Waals surface area contributed by atoms with E-state index in [4.69, 9.17) is 0 Å². The van der Waals surface area contributed by atoms with E-state index in [1.165, 1.54) is 35.2 Å². The highest BCUT2D eigenvalue weighted by Gasteiger charge is 2.26. The molecule has 2 atom stereocenters. The summed E-state index contributed by atoms with van der Waals surface area (Å²) >= 11 is 2.00. The van der Waals surface area contributed by atoms with Crippen LogP contribution in [0.5, 0.6) is 0 Å². The van der Waals surface area contributed by atoms with Crippen LogP contribution in [0.3, 0.4) is 0 Å². The third-order valence-electron chi connectivity index (χ3n) is 4.27. The zero-order valence-electron chi connectivity index (χ0n) is 13.4. The molecule has 2 heteroatoms. The molecule has 0 saturated carbocycles. The van der Waals surface area contributed by atoms with E-state index < -0.39 is 0 Å². The Labute approximate surface area is 127 Å². The van der Waals surface area contributed by atoms with Crippen LogP contribution in [0.15, 0.2) is 24.3 Å². The van der Waals surface area contributed by atoms with Crippen molar-refractivity contribution in [2.24, 2.45) is 5.92 Å². The predicted octanol–water partition coefficient (Wildman–Crippen LogP) is 5.29. The van der Waals surface area contributed by atoms with Gasteiger partial charge in [-0.15, -0.1) is 11.3 Å². The number of benzene rings is 1. The van der Waals surface area contributed by atoms with Crippen molar-refractivity contribution in [3.05, 3.63) is 34.7 Å². The number of aryl methyl sites for hydroxylation is 1. The zero-order chi connectivity index (χ0) is 14.7. The fourth-order valence-electron chi connectivity index (χ4n) is 3.19. The Bertz CT molecular complexity index is 558. The molecule has 2 unspecified atom stereocenters. The van der Waals surface area contributed by atoms with Gasteiger partial charge in [-0.25, -0.2) is 0 Å². The van der Waals surface area contributed by atoms with E-state index in [1.54, 1.807) is 4.88 Å². The van der Waals surface area contributed by atoms with Crippen molar-refractivity contribution in [1.82, 2.24) is 4.90 Å². The maximum absolute atomic E-state index is 2.46. The molecule has 1 aliphatic rings. The third kappa shape index (κ3) is 3.07. The molecule has 2 aromatic rings. The topological polar surface area (TPSA) is 3.24 Å². The molecule has 0 N–H and O–H groups in total. The molecule has 1 aliphatic heterocycles. The first-order chi connectivity index (χ1) is 9.65. The third-order valence-corrected chi connectivity index (χ3v) is 5.50. The summed E-state index contributed by atoms with van der Waals surface area (Å²) in [4.78, 5) is 4.06. The second-order valence-corrected chi connectivity index (χ2v) is 6.89. The van der Waals surface area contributed by atoms with Gasteiger partial charge in [-0.1, -0.05) is 32.9 Å². The number of thiophene rings is 1. The fraction of sp³-hybridized carbons (Fsp3) is 0.556. The number of piperidine rings is 1. The Morgan fingerprint density at radius 2 is 2.00 bits per heavy atom. The summed E-state index contributed by atoms with van der Waals surface area (Å²) in [5, 5.41) is 1.46. The quantitative estimate of drug-likeness (QED) is 0.689. The van der Waals surface area contributed by atoms with E-state index in [1.807, 2.05) is 25.2 Å². The number of nitrogens with zero attached hydrogens (tertiary/aromatic N) is 1. The first-order valence-corrected chi connectivity index (χ1v) is 8.64. The maximum atomic E-state index is 2.46. The molecule has 0 radical (unpaired) electrons. The van der Waals surface area contributed by atoms with Crippen molar-refractivity contribution in [3.8, 4) is 0 Å². The lowest BCUT2D eigenvalue weighted by molar-refractivity contribution is 0.197. The van der Waals surface area contributed by atoms with E-state index >= 15 is 0 Å². The molecule has 1 fully saturated rings. The van der Waals surface area contributed by atoms with Crippen molar-refractivity contribution >= 4 is 21.4 Å². The van der Waals surface area contributed by atoms with Crippen molar-refractivity contribution in [1.29, 1.82) is 0 Å². The van der Waals surface area contributed by atoms with Gasteiger partial charge in [0, 0.05) is 16.1 Å². The summed E-state index contributed by atoms with van der Waals surface area (Å²) in [6, 6.07) is 9.10. The minimum absolute atomic E-state index is 0.762. The Kier molecular flexibility index (Phi) is 5.22. The molecule has 2 heterocycles. The maximum Gasteiger partial charge on any atom is 0.0348 e. The Morgan fingerprint density at radius 3 is 2.65 bits per heavy atom. The van der Waals surface area contributed by atoms with E-state index in [-0.39, 0.29) is 0 Å². The van der Waals surface area contributed by atoms with Gasteiger partial charge in [-0.3, -0.25) is 0 Å². The first-order valence-electron chi connectivity index (χ1n) is 7.83. The van der Waals surface area contributed by atoms with Crippen LogP contribution in [0.25, 0.3) is 10.1 Å². The van der Waals surface area contributed by atoms with Gasteiger partial charge in [0.15, 0.2) is 0 Å². The van der Waals surface area contributed by atoms with Crippen molar-refractivity contribution in [2.75, 3.05) is 20.1 Å². The summed E-state index contributed by atoms with van der Waals surface area (Å²) in [5.74, 6) is 1.54. The molecule has 3 rings (SSSR count). The van der Waals surface area contributed by atoms with Gasteiger partial charge in [-0.05, 0) is 61.9 Å². The summed E-state index contributed by atoms with van der Waals surface area (Å²) < 4.78 is 1.45. The van der Waals surface area contributed by atoms with Crippen LogP contribution in [0.2, 0.25) is 0 Å². The highest BCUT2D eigenvalue weighted by Crippen LogP contribution is 2.39. The number of likely N-dealkylation sites (tertiary alicyclic amines) is 1. The lowest BCUT2D eigenvalue weighted by Crippen LogP contribution is -2.35. The molecule has 1 aromatic carbocycles. The molecule has 20 heavy (non-hydrogen) atoms. The zero-order valence-corrected chi connectivity index (χ0v) is 14.3. The summed E-state index contributed by atoms with van der Waals surface area (Å²) in [6.07, 6.45) is 1.31. The monoisotopic (exact) mass is 289 g/mol. The van der Waals surface area contributed by atoms with Gasteiger partial charge in [0.05, 0.1) is 0 Å². The standard InChI is InChI=1S/C16H21NS.C2H6/c1-11-5-4-6-15-14(11)9-16(18-15)13-7-8-17(3)10-12(13)2;1-2/h4-6,9,12-13H,7-8,10H2,1-3H3;1-2H3. The van der Waals surface area contributed by atoms with Crippen LogP contribution in [0.1, 0.15) is 43.6 Å². The van der Waals surface area contributed by atoms with Crippen molar-refractivity contribution < 1.29 is 0 Å². The van der Waals surface area contributed by atoms with Crippen LogP contribution >= 0.6 is 11.3 Å². The van der Waals surface area contributed by atoms with Crippen LogP contribution in [-0.2, 0) is 0 Å². The molecular weight excluding hydrogens is 262 g/mol. The molecule has 1 aromatic heterocycles. The van der Waals surface area contributed by atoms with Crippen molar-refractivity contribution in [2.45, 2.75) is 40.0 Å². The molecule has 110 valence electrons. The average molecular weight is 289 g/mol. The Hall–Kier alpha value is -0.860. The van der Waals surface area contributed by atoms with E-state index in [0.717, 1.165) is 11.8 Å². The van der Waals surface area contributed by atoms with Crippen molar-refractivity contribution in [3.63, 3.8) is 0 Å². The van der Waals surface area contributed by atoms with Gasteiger partial charge in [0.1, 0.15) is 0 Å². The van der Waals surface area contributed by atoms with Gasteiger partial charge in [0.25, 0.3) is 0 Å². The summed E-state index contributed by atoms with van der Waals surface area (Å²) in [6.45, 7) is 11.1. The van der Waals surface area contributed by atoms with Crippen LogP contribution in [-0.4, -0.2) is 25.0 Å². The molecular formula is C18H27NS. The van der Waals surface area contributed by atoms with E-state index in [2.05, 4.69) is 50.1 Å². The van der Waals surface area contributed by atoms with Gasteiger partial charge < -0.3 is 4.90 Å². The van der Waals surface area contributed by atoms with Gasteiger partial charge in [0.2, 0.25) is 0 Å². The molecule has 0 aliphatic carbocycles. The number of fused-ring (bicyclic) bond motifs is 1. The normalized spacial score (nSPS) is 23.4. The highest BCUT2D eigenvalue weighted by atomic mass is 32.1. The smallest absolute Gasteiger partial charge is 0.0348 e. The Balaban J connectivity index is 0.000000704. The number of hydrogen-bond donors (Lipinski definition) is 0. The van der Waals surface area contributed by atoms with Gasteiger partial charge >= 0.3 is 0 Å². The fourth-order valence-corrected chi connectivity index (χ4v) is 4.59. The number of rotatable bonds is 1. The predicted molar refractivity (Wildman–Crippen MR) is 91.9 cm³/mol. The minimum atomic E-state index is 0.762. The molecule has 1 nitrogen and oxygen atoms in total. The van der Waals surface area contributed by atoms with Crippen LogP contribution < -0.4 is 0 Å². The highest BCUT2D eigenvalue weighted by molar-refractivity contribution is 7.19. The molecule has 0 bridgehead atoms. The second kappa shape index (κ2) is 6.73. The summed E-state index contributed by atoms with van der Waals surface area (Å²) in [5.41, 5.74) is 1.41. The van der Waals surface area contributed by atoms with E-state index in [9.17, 15) is 0 Å². The summed E-state index contributed by atoms with van der Waals surface area (Å²) in [7, 11) is 2.24. The second-order valence-electron chi connectivity index (χ2n) is 5.77. The molecule has 1 saturated heterocycles. The molecule has 0 spiro atoms. The van der Waals surface area contributed by atoms with E-state index in [0.29, 0.717) is 0 Å². The Morgan fingerprint density at radius 1 is 1.25 bits per heavy atom.